The molecule has 0 saturated carbocycles. The van der Waals surface area contributed by atoms with Gasteiger partial charge in [-0.25, -0.2) is 4.79 Å². The van der Waals surface area contributed by atoms with Crippen LogP contribution >= 0.6 is 0 Å². The summed E-state index contributed by atoms with van der Waals surface area (Å²) >= 11 is 0. The normalized spacial score (nSPS) is 10.5. The highest BCUT2D eigenvalue weighted by Gasteiger charge is 2.08. The van der Waals surface area contributed by atoms with E-state index in [4.69, 9.17) is 9.84 Å². The minimum Gasteiger partial charge on any atom is -0.478 e. The number of carboxylic acids is 1. The van der Waals surface area contributed by atoms with Gasteiger partial charge in [0.05, 0.1) is 16.2 Å². The first kappa shape index (κ1) is 20.3. The number of nitrogens with zero attached hydrogens (tertiary/aromatic N) is 1. The maximum Gasteiger partial charge on any atom is 0.335 e. The minimum absolute atomic E-state index is 0.0286. The number of nitrogens with one attached hydrogen (secondary N) is 1. The SMILES string of the molecule is O=C(/C=C/c1ccc([N+](=O)[O-])cc1)Nc1ccccc1Oc1ccc(C(=O)O)cc1. The molecular weight excluding hydrogens is 388 g/mol. The molecule has 3 rings (SSSR count). The molecule has 0 fully saturated rings. The summed E-state index contributed by atoms with van der Waals surface area (Å²) in [5.41, 5.74) is 1.18. The highest BCUT2D eigenvalue weighted by Crippen LogP contribution is 2.29. The summed E-state index contributed by atoms with van der Waals surface area (Å²) in [6.45, 7) is 0. The Morgan fingerprint density at radius 2 is 1.63 bits per heavy atom. The van der Waals surface area contributed by atoms with Gasteiger partial charge in [0.2, 0.25) is 5.91 Å². The summed E-state index contributed by atoms with van der Waals surface area (Å²) in [7, 11) is 0. The predicted molar refractivity (Wildman–Crippen MR) is 111 cm³/mol. The zero-order chi connectivity index (χ0) is 21.5. The summed E-state index contributed by atoms with van der Waals surface area (Å²) in [6.07, 6.45) is 2.84. The van der Waals surface area contributed by atoms with E-state index in [1.807, 2.05) is 0 Å². The van der Waals surface area contributed by atoms with Crippen LogP contribution in [0.3, 0.4) is 0 Å². The summed E-state index contributed by atoms with van der Waals surface area (Å²) < 4.78 is 5.75. The monoisotopic (exact) mass is 404 g/mol. The second-order valence-corrected chi connectivity index (χ2v) is 6.10. The van der Waals surface area contributed by atoms with Crippen LogP contribution in [0.1, 0.15) is 15.9 Å². The lowest BCUT2D eigenvalue weighted by Gasteiger charge is -2.11. The standard InChI is InChI=1S/C22H16N2O6/c25-21(14-7-15-5-10-17(11-6-15)24(28)29)23-19-3-1-2-4-20(19)30-18-12-8-16(9-13-18)22(26)27/h1-14H,(H,23,25)(H,26,27)/b14-7+. The Labute approximate surface area is 171 Å². The van der Waals surface area contributed by atoms with E-state index >= 15 is 0 Å². The van der Waals surface area contributed by atoms with Crippen LogP contribution in [0.2, 0.25) is 0 Å². The van der Waals surface area contributed by atoms with E-state index < -0.39 is 16.8 Å². The lowest BCUT2D eigenvalue weighted by Crippen LogP contribution is -2.08. The maximum atomic E-state index is 12.3. The fraction of sp³-hybridized carbons (Fsp3) is 0. The third kappa shape index (κ3) is 5.29. The number of para-hydroxylation sites is 2. The Morgan fingerprint density at radius 1 is 0.967 bits per heavy atom. The fourth-order valence-electron chi connectivity index (χ4n) is 2.50. The van der Waals surface area contributed by atoms with Gasteiger partial charge in [-0.15, -0.1) is 0 Å². The molecule has 0 heterocycles. The Balaban J connectivity index is 1.68. The van der Waals surface area contributed by atoms with Gasteiger partial charge in [-0.2, -0.15) is 0 Å². The summed E-state index contributed by atoms with van der Waals surface area (Å²) in [6, 6.07) is 18.5. The van der Waals surface area contributed by atoms with Crippen molar-refractivity contribution in [2.24, 2.45) is 0 Å². The number of amides is 1. The van der Waals surface area contributed by atoms with Gasteiger partial charge in [-0.3, -0.25) is 14.9 Å². The van der Waals surface area contributed by atoms with Crippen LogP contribution in [-0.2, 0) is 4.79 Å². The molecule has 8 heteroatoms. The Kier molecular flexibility index (Phi) is 6.19. The van der Waals surface area contributed by atoms with Crippen molar-refractivity contribution >= 4 is 29.3 Å². The maximum absolute atomic E-state index is 12.3. The van der Waals surface area contributed by atoms with Gasteiger partial charge in [-0.05, 0) is 60.2 Å². The fourth-order valence-corrected chi connectivity index (χ4v) is 2.50. The molecule has 30 heavy (non-hydrogen) atoms. The minimum atomic E-state index is -1.03. The molecule has 0 aliphatic carbocycles. The first-order chi connectivity index (χ1) is 14.4. The van der Waals surface area contributed by atoms with E-state index in [9.17, 15) is 19.7 Å². The highest BCUT2D eigenvalue weighted by molar-refractivity contribution is 6.02. The van der Waals surface area contributed by atoms with Crippen LogP contribution in [-0.4, -0.2) is 21.9 Å². The average Bonchev–Trinajstić information content (AvgIpc) is 2.74. The molecule has 0 radical (unpaired) electrons. The second kappa shape index (κ2) is 9.16. The van der Waals surface area contributed by atoms with Crippen LogP contribution in [0.15, 0.2) is 78.9 Å². The number of carboxylic acid groups (broad SMARTS) is 1. The van der Waals surface area contributed by atoms with Gasteiger partial charge in [0, 0.05) is 18.2 Å². The van der Waals surface area contributed by atoms with Crippen LogP contribution in [0.5, 0.6) is 11.5 Å². The van der Waals surface area contributed by atoms with Crippen molar-refractivity contribution in [1.82, 2.24) is 0 Å². The molecule has 3 aromatic carbocycles. The van der Waals surface area contributed by atoms with E-state index in [-0.39, 0.29) is 11.3 Å². The molecule has 1 amide bonds. The third-order valence-electron chi connectivity index (χ3n) is 4.01. The molecule has 0 saturated heterocycles. The van der Waals surface area contributed by atoms with Crippen molar-refractivity contribution in [3.05, 3.63) is 100 Å². The summed E-state index contributed by atoms with van der Waals surface area (Å²) in [5.74, 6) is -0.638. The van der Waals surface area contributed by atoms with Crippen molar-refractivity contribution in [2.75, 3.05) is 5.32 Å². The van der Waals surface area contributed by atoms with Gasteiger partial charge >= 0.3 is 5.97 Å². The van der Waals surface area contributed by atoms with E-state index in [1.54, 1.807) is 36.4 Å². The highest BCUT2D eigenvalue weighted by atomic mass is 16.6. The lowest BCUT2D eigenvalue weighted by molar-refractivity contribution is -0.384. The van der Waals surface area contributed by atoms with Gasteiger partial charge in [0.25, 0.3) is 5.69 Å². The van der Waals surface area contributed by atoms with Crippen molar-refractivity contribution in [2.45, 2.75) is 0 Å². The number of hydrogen-bond donors (Lipinski definition) is 2. The molecule has 8 nitrogen and oxygen atoms in total. The van der Waals surface area contributed by atoms with E-state index in [1.165, 1.54) is 48.6 Å². The van der Waals surface area contributed by atoms with Crippen LogP contribution in [0.4, 0.5) is 11.4 Å². The number of non-ortho nitro benzene ring substituents is 1. The smallest absolute Gasteiger partial charge is 0.335 e. The average molecular weight is 404 g/mol. The zero-order valence-electron chi connectivity index (χ0n) is 15.5. The molecule has 150 valence electrons. The molecule has 0 spiro atoms. The van der Waals surface area contributed by atoms with Crippen molar-refractivity contribution in [1.29, 1.82) is 0 Å². The Hall–Kier alpha value is -4.46. The quantitative estimate of drug-likeness (QED) is 0.334. The molecule has 0 aliphatic rings. The lowest BCUT2D eigenvalue weighted by atomic mass is 10.2. The molecule has 0 aromatic heterocycles. The van der Waals surface area contributed by atoms with Gasteiger partial charge in [0.1, 0.15) is 5.75 Å². The molecule has 2 N–H and O–H groups in total. The largest absolute Gasteiger partial charge is 0.478 e. The molecule has 0 aliphatic heterocycles. The topological polar surface area (TPSA) is 119 Å². The van der Waals surface area contributed by atoms with Crippen LogP contribution < -0.4 is 10.1 Å². The number of ether oxygens (including phenoxy) is 1. The van der Waals surface area contributed by atoms with Gasteiger partial charge in [0.15, 0.2) is 5.75 Å². The van der Waals surface area contributed by atoms with Crippen molar-refractivity contribution in [3.63, 3.8) is 0 Å². The number of benzene rings is 3. The first-order valence-electron chi connectivity index (χ1n) is 8.76. The van der Waals surface area contributed by atoms with E-state index in [0.29, 0.717) is 22.7 Å². The number of carbonyl (C=O) groups excluding carboxylic acids is 1. The van der Waals surface area contributed by atoms with E-state index in [0.717, 1.165) is 0 Å². The third-order valence-corrected chi connectivity index (χ3v) is 4.01. The summed E-state index contributed by atoms with van der Waals surface area (Å²) in [5, 5.41) is 22.3. The van der Waals surface area contributed by atoms with Crippen molar-refractivity contribution in [3.8, 4) is 11.5 Å². The number of aromatic carboxylic acids is 1. The number of nitro groups is 1. The second-order valence-electron chi connectivity index (χ2n) is 6.10. The number of hydrogen-bond acceptors (Lipinski definition) is 5. The summed E-state index contributed by atoms with van der Waals surface area (Å²) in [4.78, 5) is 33.4. The zero-order valence-corrected chi connectivity index (χ0v) is 15.5. The number of anilines is 1. The molecule has 0 unspecified atom stereocenters. The number of carbonyl (C=O) groups is 2. The molecule has 3 aromatic rings. The number of rotatable bonds is 7. The van der Waals surface area contributed by atoms with Crippen LogP contribution in [0.25, 0.3) is 6.08 Å². The molecule has 0 bridgehead atoms. The number of nitro benzene ring substituents is 1. The van der Waals surface area contributed by atoms with Crippen molar-refractivity contribution < 1.29 is 24.4 Å². The van der Waals surface area contributed by atoms with Crippen LogP contribution in [0, 0.1) is 10.1 Å². The van der Waals surface area contributed by atoms with Gasteiger partial charge < -0.3 is 15.2 Å². The molecular formula is C22H16N2O6. The molecule has 0 atom stereocenters. The Bertz CT molecular complexity index is 1110. The predicted octanol–water partition coefficient (Wildman–Crippen LogP) is 4.74. The van der Waals surface area contributed by atoms with E-state index in [2.05, 4.69) is 5.32 Å². The van der Waals surface area contributed by atoms with Gasteiger partial charge in [-0.1, -0.05) is 12.1 Å². The Morgan fingerprint density at radius 3 is 2.27 bits per heavy atom. The first-order valence-corrected chi connectivity index (χ1v) is 8.76.